The van der Waals surface area contributed by atoms with Gasteiger partial charge in [0, 0.05) is 23.4 Å². The van der Waals surface area contributed by atoms with Crippen LogP contribution in [0.1, 0.15) is 40.3 Å². The Morgan fingerprint density at radius 3 is 2.72 bits per heavy atom. The quantitative estimate of drug-likeness (QED) is 0.437. The van der Waals surface area contributed by atoms with Crippen molar-refractivity contribution in [2.24, 2.45) is 0 Å². The number of aryl methyl sites for hydroxylation is 1. The van der Waals surface area contributed by atoms with Gasteiger partial charge < -0.3 is 4.74 Å². The summed E-state index contributed by atoms with van der Waals surface area (Å²) in [5.74, 6) is 0.224. The number of ether oxygens (including phenoxy) is 1. The highest BCUT2D eigenvalue weighted by molar-refractivity contribution is 7.15. The van der Waals surface area contributed by atoms with Crippen LogP contribution in [-0.4, -0.2) is 21.9 Å². The van der Waals surface area contributed by atoms with E-state index >= 15 is 0 Å². The van der Waals surface area contributed by atoms with Crippen LogP contribution in [0.3, 0.4) is 0 Å². The van der Waals surface area contributed by atoms with Crippen molar-refractivity contribution in [3.05, 3.63) is 80.3 Å². The standard InChI is InChI=1S/C21H21N3O4S/c1-13(2)28-18-10-5-4-9-17(18)20(25)23-21-22-14(3)19(29-21)12-15-7-6-8-16(11-15)24(26)27/h4-11,13H,12H2,1-3H3,(H,22,23,25). The van der Waals surface area contributed by atoms with Crippen molar-refractivity contribution >= 4 is 28.1 Å². The zero-order valence-corrected chi connectivity index (χ0v) is 17.2. The van der Waals surface area contributed by atoms with Crippen LogP contribution >= 0.6 is 11.3 Å². The highest BCUT2D eigenvalue weighted by Crippen LogP contribution is 2.28. The van der Waals surface area contributed by atoms with E-state index in [1.54, 1.807) is 30.3 Å². The first-order valence-electron chi connectivity index (χ1n) is 9.10. The Labute approximate surface area is 172 Å². The number of carbonyl (C=O) groups is 1. The molecule has 3 rings (SSSR count). The largest absolute Gasteiger partial charge is 0.490 e. The second-order valence-corrected chi connectivity index (χ2v) is 7.83. The molecular weight excluding hydrogens is 390 g/mol. The third-order valence-electron chi connectivity index (χ3n) is 4.09. The van der Waals surface area contributed by atoms with Crippen molar-refractivity contribution in [2.75, 3.05) is 5.32 Å². The maximum absolute atomic E-state index is 12.7. The topological polar surface area (TPSA) is 94.4 Å². The fourth-order valence-corrected chi connectivity index (χ4v) is 3.78. The van der Waals surface area contributed by atoms with Gasteiger partial charge in [-0.3, -0.25) is 20.2 Å². The van der Waals surface area contributed by atoms with E-state index < -0.39 is 4.92 Å². The van der Waals surface area contributed by atoms with Gasteiger partial charge in [0.15, 0.2) is 5.13 Å². The van der Waals surface area contributed by atoms with Gasteiger partial charge in [0.25, 0.3) is 11.6 Å². The number of benzene rings is 2. The van der Waals surface area contributed by atoms with Crippen LogP contribution in [-0.2, 0) is 6.42 Å². The maximum atomic E-state index is 12.7. The van der Waals surface area contributed by atoms with E-state index in [4.69, 9.17) is 4.74 Å². The molecule has 0 bridgehead atoms. The summed E-state index contributed by atoms with van der Waals surface area (Å²) >= 11 is 1.36. The molecule has 150 valence electrons. The molecule has 0 radical (unpaired) electrons. The lowest BCUT2D eigenvalue weighted by Gasteiger charge is -2.13. The van der Waals surface area contributed by atoms with Gasteiger partial charge in [-0.15, -0.1) is 11.3 Å². The van der Waals surface area contributed by atoms with Crippen LogP contribution in [0.2, 0.25) is 0 Å². The van der Waals surface area contributed by atoms with Crippen molar-refractivity contribution < 1.29 is 14.5 Å². The molecule has 2 aromatic carbocycles. The van der Waals surface area contributed by atoms with E-state index in [0.717, 1.165) is 16.1 Å². The lowest BCUT2D eigenvalue weighted by Crippen LogP contribution is -2.15. The number of amides is 1. The van der Waals surface area contributed by atoms with Gasteiger partial charge in [-0.2, -0.15) is 0 Å². The summed E-state index contributed by atoms with van der Waals surface area (Å²) in [5, 5.41) is 14.3. The molecule has 1 amide bonds. The Bertz CT molecular complexity index is 1050. The fraction of sp³-hybridized carbons (Fsp3) is 0.238. The number of nitrogens with one attached hydrogen (secondary N) is 1. The fourth-order valence-electron chi connectivity index (χ4n) is 2.79. The van der Waals surface area contributed by atoms with Crippen molar-refractivity contribution in [1.29, 1.82) is 0 Å². The lowest BCUT2D eigenvalue weighted by atomic mass is 10.1. The first kappa shape index (κ1) is 20.5. The molecule has 1 N–H and O–H groups in total. The van der Waals surface area contributed by atoms with Gasteiger partial charge in [-0.05, 0) is 38.5 Å². The molecule has 0 saturated heterocycles. The first-order chi connectivity index (χ1) is 13.8. The number of anilines is 1. The Hall–Kier alpha value is -3.26. The summed E-state index contributed by atoms with van der Waals surface area (Å²) < 4.78 is 5.71. The number of carbonyl (C=O) groups excluding carboxylic acids is 1. The van der Waals surface area contributed by atoms with Crippen LogP contribution in [0.4, 0.5) is 10.8 Å². The van der Waals surface area contributed by atoms with E-state index in [1.165, 1.54) is 17.4 Å². The number of hydrogen-bond donors (Lipinski definition) is 1. The second kappa shape index (κ2) is 8.83. The number of nitro groups is 1. The number of non-ortho nitro benzene ring substituents is 1. The molecule has 0 atom stereocenters. The Kier molecular flexibility index (Phi) is 6.23. The third kappa shape index (κ3) is 5.17. The van der Waals surface area contributed by atoms with Gasteiger partial charge in [-0.25, -0.2) is 4.98 Å². The monoisotopic (exact) mass is 411 g/mol. The molecule has 0 aliphatic heterocycles. The van der Waals surface area contributed by atoms with Gasteiger partial charge >= 0.3 is 0 Å². The van der Waals surface area contributed by atoms with E-state index in [9.17, 15) is 14.9 Å². The molecule has 0 aliphatic carbocycles. The summed E-state index contributed by atoms with van der Waals surface area (Å²) in [6.07, 6.45) is 0.460. The minimum absolute atomic E-state index is 0.0485. The minimum Gasteiger partial charge on any atom is -0.490 e. The number of rotatable bonds is 7. The van der Waals surface area contributed by atoms with Crippen LogP contribution < -0.4 is 10.1 Å². The highest BCUT2D eigenvalue weighted by atomic mass is 32.1. The zero-order valence-electron chi connectivity index (χ0n) is 16.3. The van der Waals surface area contributed by atoms with Gasteiger partial charge in [0.2, 0.25) is 0 Å². The number of thiazole rings is 1. The van der Waals surface area contributed by atoms with Crippen molar-refractivity contribution in [1.82, 2.24) is 4.98 Å². The van der Waals surface area contributed by atoms with Crippen molar-refractivity contribution in [2.45, 2.75) is 33.3 Å². The number of hydrogen-bond acceptors (Lipinski definition) is 6. The Balaban J connectivity index is 1.77. The molecule has 1 aromatic heterocycles. The molecule has 3 aromatic rings. The average Bonchev–Trinajstić information content (AvgIpc) is 3.00. The van der Waals surface area contributed by atoms with E-state index in [1.807, 2.05) is 32.9 Å². The summed E-state index contributed by atoms with van der Waals surface area (Å²) in [5.41, 5.74) is 2.09. The van der Waals surface area contributed by atoms with Crippen LogP contribution in [0.15, 0.2) is 48.5 Å². The Morgan fingerprint density at radius 1 is 1.24 bits per heavy atom. The molecule has 8 heteroatoms. The van der Waals surface area contributed by atoms with Gasteiger partial charge in [-0.1, -0.05) is 24.3 Å². The molecule has 0 unspecified atom stereocenters. The summed E-state index contributed by atoms with van der Waals surface area (Å²) in [7, 11) is 0. The number of aromatic nitrogens is 1. The number of nitrogens with zero attached hydrogens (tertiary/aromatic N) is 2. The molecule has 0 spiro atoms. The molecule has 0 saturated carbocycles. The second-order valence-electron chi connectivity index (χ2n) is 6.75. The summed E-state index contributed by atoms with van der Waals surface area (Å²) in [6, 6.07) is 13.6. The highest BCUT2D eigenvalue weighted by Gasteiger charge is 2.17. The van der Waals surface area contributed by atoms with Gasteiger partial charge in [0.1, 0.15) is 5.75 Å². The van der Waals surface area contributed by atoms with Crippen LogP contribution in [0.25, 0.3) is 0 Å². The summed E-state index contributed by atoms with van der Waals surface area (Å²) in [6.45, 7) is 5.66. The van der Waals surface area contributed by atoms with E-state index in [0.29, 0.717) is 22.9 Å². The van der Waals surface area contributed by atoms with Crippen molar-refractivity contribution in [3.8, 4) is 5.75 Å². The minimum atomic E-state index is -0.411. The SMILES string of the molecule is Cc1nc(NC(=O)c2ccccc2OC(C)C)sc1Cc1cccc([N+](=O)[O-])c1. The average molecular weight is 411 g/mol. The zero-order chi connectivity index (χ0) is 21.0. The lowest BCUT2D eigenvalue weighted by molar-refractivity contribution is -0.384. The number of para-hydroxylation sites is 1. The molecular formula is C21H21N3O4S. The molecule has 29 heavy (non-hydrogen) atoms. The molecule has 0 fully saturated rings. The normalized spacial score (nSPS) is 10.8. The smallest absolute Gasteiger partial charge is 0.269 e. The maximum Gasteiger partial charge on any atom is 0.269 e. The molecule has 0 aliphatic rings. The van der Waals surface area contributed by atoms with Crippen molar-refractivity contribution in [3.63, 3.8) is 0 Å². The van der Waals surface area contributed by atoms with E-state index in [-0.39, 0.29) is 17.7 Å². The predicted octanol–water partition coefficient (Wildman–Crippen LogP) is 4.99. The summed E-state index contributed by atoms with van der Waals surface area (Å²) in [4.78, 5) is 28.6. The van der Waals surface area contributed by atoms with E-state index in [2.05, 4.69) is 10.3 Å². The third-order valence-corrected chi connectivity index (χ3v) is 5.17. The Morgan fingerprint density at radius 2 is 2.00 bits per heavy atom. The predicted molar refractivity (Wildman–Crippen MR) is 113 cm³/mol. The molecule has 7 nitrogen and oxygen atoms in total. The van der Waals surface area contributed by atoms with Crippen LogP contribution in [0.5, 0.6) is 5.75 Å². The van der Waals surface area contributed by atoms with Gasteiger partial charge in [0.05, 0.1) is 22.3 Å². The first-order valence-corrected chi connectivity index (χ1v) is 9.92. The van der Waals surface area contributed by atoms with Crippen LogP contribution in [0, 0.1) is 17.0 Å². The number of nitro benzene ring substituents is 1. The molecule has 1 heterocycles.